The Morgan fingerprint density at radius 1 is 1.22 bits per heavy atom. The Morgan fingerprint density at radius 2 is 1.93 bits per heavy atom. The van der Waals surface area contributed by atoms with E-state index < -0.39 is 24.1 Å². The lowest BCUT2D eigenvalue weighted by Gasteiger charge is -2.22. The number of carbonyl (C=O) groups is 3. The molecule has 1 saturated heterocycles. The number of benzene rings is 1. The van der Waals surface area contributed by atoms with Crippen LogP contribution in [0.25, 0.3) is 10.6 Å². The Kier molecular flexibility index (Phi) is 5.55. The summed E-state index contributed by atoms with van der Waals surface area (Å²) in [7, 11) is 0. The molecule has 7 nitrogen and oxygen atoms in total. The van der Waals surface area contributed by atoms with Crippen molar-refractivity contribution in [1.82, 2.24) is 15.2 Å². The average Bonchev–Trinajstić information content (AvgIpc) is 3.26. The molecule has 2 aromatic rings. The smallest absolute Gasteiger partial charge is 0.326 e. The minimum Gasteiger partial charge on any atom is -0.458 e. The maximum Gasteiger partial charge on any atom is 0.326 e. The Balaban J connectivity index is 1.57. The molecular weight excluding hydrogens is 366 g/mol. The van der Waals surface area contributed by atoms with Crippen molar-refractivity contribution in [3.8, 4) is 10.6 Å². The number of hydrogen-bond donors (Lipinski definition) is 1. The van der Waals surface area contributed by atoms with Gasteiger partial charge in [-0.1, -0.05) is 44.2 Å². The average molecular weight is 387 g/mol. The molecule has 1 N–H and O–H groups in total. The Labute approximate surface area is 161 Å². The van der Waals surface area contributed by atoms with Gasteiger partial charge < -0.3 is 10.1 Å². The van der Waals surface area contributed by atoms with E-state index in [2.05, 4.69) is 10.3 Å². The van der Waals surface area contributed by atoms with Crippen LogP contribution in [0.15, 0.2) is 35.7 Å². The van der Waals surface area contributed by atoms with Crippen LogP contribution in [0.4, 0.5) is 4.79 Å². The second-order valence-corrected chi connectivity index (χ2v) is 7.14. The van der Waals surface area contributed by atoms with E-state index in [4.69, 9.17) is 4.74 Å². The molecule has 1 aliphatic heterocycles. The zero-order valence-electron chi connectivity index (χ0n) is 15.2. The Bertz CT molecular complexity index is 846. The summed E-state index contributed by atoms with van der Waals surface area (Å²) < 4.78 is 5.20. The zero-order valence-corrected chi connectivity index (χ0v) is 16.0. The third-order valence-corrected chi connectivity index (χ3v) is 5.63. The Hall–Kier alpha value is -2.74. The van der Waals surface area contributed by atoms with Gasteiger partial charge in [-0.05, 0) is 12.8 Å². The molecule has 1 fully saturated rings. The van der Waals surface area contributed by atoms with Crippen molar-refractivity contribution in [3.05, 3.63) is 41.4 Å². The predicted molar refractivity (Wildman–Crippen MR) is 101 cm³/mol. The minimum atomic E-state index is -0.920. The number of esters is 1. The molecule has 0 bridgehead atoms. The van der Waals surface area contributed by atoms with Gasteiger partial charge in [-0.15, -0.1) is 11.3 Å². The summed E-state index contributed by atoms with van der Waals surface area (Å²) in [5, 5.41) is 5.35. The summed E-state index contributed by atoms with van der Waals surface area (Å²) in [5.74, 6) is -1.02. The third-order valence-electron chi connectivity index (χ3n) is 4.69. The topological polar surface area (TPSA) is 88.6 Å². The van der Waals surface area contributed by atoms with Crippen LogP contribution in [-0.4, -0.2) is 39.9 Å². The van der Waals surface area contributed by atoms with Crippen molar-refractivity contribution in [2.24, 2.45) is 0 Å². The number of hydrogen-bond acceptors (Lipinski definition) is 6. The van der Waals surface area contributed by atoms with E-state index in [0.717, 1.165) is 15.5 Å². The van der Waals surface area contributed by atoms with E-state index in [1.165, 1.54) is 11.3 Å². The van der Waals surface area contributed by atoms with Gasteiger partial charge in [0.25, 0.3) is 5.91 Å². The molecule has 0 spiro atoms. The molecule has 1 aromatic carbocycles. The van der Waals surface area contributed by atoms with E-state index >= 15 is 0 Å². The number of ether oxygens (including phenoxy) is 1. The van der Waals surface area contributed by atoms with Crippen LogP contribution < -0.4 is 5.32 Å². The first-order valence-electron chi connectivity index (χ1n) is 8.78. The summed E-state index contributed by atoms with van der Waals surface area (Å²) in [6, 6.07) is 9.16. The lowest BCUT2D eigenvalue weighted by atomic mass is 9.93. The quantitative estimate of drug-likeness (QED) is 0.583. The van der Waals surface area contributed by atoms with Crippen molar-refractivity contribution in [2.45, 2.75) is 38.8 Å². The molecule has 0 unspecified atom stereocenters. The van der Waals surface area contributed by atoms with Gasteiger partial charge in [0.1, 0.15) is 23.7 Å². The van der Waals surface area contributed by atoms with Gasteiger partial charge in [-0.3, -0.25) is 14.5 Å². The van der Waals surface area contributed by atoms with E-state index in [1.54, 1.807) is 0 Å². The van der Waals surface area contributed by atoms with Crippen LogP contribution >= 0.6 is 11.3 Å². The predicted octanol–water partition coefficient (Wildman–Crippen LogP) is 2.96. The van der Waals surface area contributed by atoms with E-state index in [9.17, 15) is 14.4 Å². The first-order valence-corrected chi connectivity index (χ1v) is 9.66. The first kappa shape index (κ1) is 19.0. The lowest BCUT2D eigenvalue weighted by molar-refractivity contribution is -0.149. The van der Waals surface area contributed by atoms with Crippen LogP contribution in [0.5, 0.6) is 0 Å². The fourth-order valence-electron chi connectivity index (χ4n) is 2.96. The summed E-state index contributed by atoms with van der Waals surface area (Å²) in [5.41, 5.74) is 0.701. The maximum atomic E-state index is 12.5. The number of imide groups is 1. The number of nitrogens with zero attached hydrogens (tertiary/aromatic N) is 2. The molecule has 1 aliphatic rings. The van der Waals surface area contributed by atoms with E-state index in [0.29, 0.717) is 18.5 Å². The van der Waals surface area contributed by atoms with Crippen molar-refractivity contribution >= 4 is 29.2 Å². The maximum absolute atomic E-state index is 12.5. The lowest BCUT2D eigenvalue weighted by Crippen LogP contribution is -2.46. The minimum absolute atomic E-state index is 0.00147. The molecule has 2 heterocycles. The van der Waals surface area contributed by atoms with Crippen LogP contribution in [0.2, 0.25) is 0 Å². The highest BCUT2D eigenvalue weighted by Gasteiger charge is 2.49. The molecular formula is C19H21N3O4S. The van der Waals surface area contributed by atoms with Gasteiger partial charge in [0.05, 0.1) is 5.69 Å². The molecule has 0 saturated carbocycles. The van der Waals surface area contributed by atoms with Gasteiger partial charge in [0.15, 0.2) is 0 Å². The van der Waals surface area contributed by atoms with E-state index in [1.807, 2.05) is 49.6 Å². The number of amides is 3. The second kappa shape index (κ2) is 7.87. The van der Waals surface area contributed by atoms with Gasteiger partial charge in [-0.25, -0.2) is 9.78 Å². The standard InChI is InChI=1S/C19H21N3O4S/c1-3-19(4-2)17(24)22(18(25)21-19)10-15(23)26-11-14-12-27-16(20-14)13-8-6-5-7-9-13/h5-9,12H,3-4,10-11H2,1-2H3,(H,21,25). The van der Waals surface area contributed by atoms with Crippen LogP contribution in [-0.2, 0) is 20.9 Å². The third kappa shape index (κ3) is 3.85. The molecule has 8 heteroatoms. The zero-order chi connectivity index (χ0) is 19.4. The molecule has 3 rings (SSSR count). The molecule has 27 heavy (non-hydrogen) atoms. The van der Waals surface area contributed by atoms with Crippen LogP contribution in [0.3, 0.4) is 0 Å². The number of rotatable bonds is 7. The van der Waals surface area contributed by atoms with Gasteiger partial charge in [0, 0.05) is 10.9 Å². The van der Waals surface area contributed by atoms with Gasteiger partial charge in [0.2, 0.25) is 0 Å². The van der Waals surface area contributed by atoms with Crippen molar-refractivity contribution < 1.29 is 19.1 Å². The molecule has 0 aliphatic carbocycles. The Morgan fingerprint density at radius 3 is 2.56 bits per heavy atom. The number of nitrogens with one attached hydrogen (secondary N) is 1. The fraction of sp³-hybridized carbons (Fsp3) is 0.368. The van der Waals surface area contributed by atoms with Crippen LogP contribution in [0.1, 0.15) is 32.4 Å². The number of carbonyl (C=O) groups excluding carboxylic acids is 3. The molecule has 1 aromatic heterocycles. The van der Waals surface area contributed by atoms with Crippen molar-refractivity contribution in [3.63, 3.8) is 0 Å². The molecule has 142 valence electrons. The SMILES string of the molecule is CCC1(CC)NC(=O)N(CC(=O)OCc2csc(-c3ccccc3)n2)C1=O. The first-order chi connectivity index (χ1) is 13.0. The monoisotopic (exact) mass is 387 g/mol. The molecule has 0 radical (unpaired) electrons. The number of thiazole rings is 1. The highest BCUT2D eigenvalue weighted by atomic mass is 32.1. The van der Waals surface area contributed by atoms with Gasteiger partial charge >= 0.3 is 12.0 Å². The van der Waals surface area contributed by atoms with Crippen molar-refractivity contribution in [1.29, 1.82) is 0 Å². The van der Waals surface area contributed by atoms with Gasteiger partial charge in [-0.2, -0.15) is 0 Å². The summed E-state index contributed by atoms with van der Waals surface area (Å²) in [4.78, 5) is 42.0. The highest BCUT2D eigenvalue weighted by molar-refractivity contribution is 7.13. The van der Waals surface area contributed by atoms with Crippen LogP contribution in [0, 0.1) is 0 Å². The number of aromatic nitrogens is 1. The van der Waals surface area contributed by atoms with Crippen molar-refractivity contribution in [2.75, 3.05) is 6.54 Å². The second-order valence-electron chi connectivity index (χ2n) is 6.28. The highest BCUT2D eigenvalue weighted by Crippen LogP contribution is 2.25. The normalized spacial score (nSPS) is 15.7. The fourth-order valence-corrected chi connectivity index (χ4v) is 3.78. The van der Waals surface area contributed by atoms with E-state index in [-0.39, 0.29) is 12.5 Å². The summed E-state index contributed by atoms with van der Waals surface area (Å²) in [6.07, 6.45) is 0.946. The summed E-state index contributed by atoms with van der Waals surface area (Å²) >= 11 is 1.46. The summed E-state index contributed by atoms with van der Waals surface area (Å²) in [6.45, 7) is 3.26. The molecule has 0 atom stereocenters. The largest absolute Gasteiger partial charge is 0.458 e. The molecule has 3 amide bonds. The number of urea groups is 1.